The number of benzene rings is 2. The molecular weight excluding hydrogens is 410 g/mol. The van der Waals surface area contributed by atoms with Gasteiger partial charge in [-0.1, -0.05) is 42.5 Å². The van der Waals surface area contributed by atoms with Gasteiger partial charge in [0, 0.05) is 51.0 Å². The predicted molar refractivity (Wildman–Crippen MR) is 131 cm³/mol. The summed E-state index contributed by atoms with van der Waals surface area (Å²) in [5.41, 5.74) is 1.27. The molecule has 33 heavy (non-hydrogen) atoms. The summed E-state index contributed by atoms with van der Waals surface area (Å²) >= 11 is 0. The molecule has 2 saturated heterocycles. The van der Waals surface area contributed by atoms with Gasteiger partial charge in [0.1, 0.15) is 11.9 Å². The summed E-state index contributed by atoms with van der Waals surface area (Å²) in [5, 5.41) is 2.51. The normalized spacial score (nSPS) is 18.5. The number of rotatable bonds is 6. The minimum absolute atomic E-state index is 0.291. The van der Waals surface area contributed by atoms with Gasteiger partial charge in [0.05, 0.1) is 0 Å². The fourth-order valence-electron chi connectivity index (χ4n) is 5.36. The number of aryl methyl sites for hydroxylation is 1. The Kier molecular flexibility index (Phi) is 6.87. The lowest BCUT2D eigenvalue weighted by Crippen LogP contribution is -2.50. The quantitative estimate of drug-likeness (QED) is 0.554. The summed E-state index contributed by atoms with van der Waals surface area (Å²) in [6.45, 7) is 3.92. The van der Waals surface area contributed by atoms with Crippen molar-refractivity contribution in [2.24, 2.45) is 0 Å². The monoisotopic (exact) mass is 443 g/mol. The van der Waals surface area contributed by atoms with Crippen LogP contribution in [0.15, 0.2) is 67.0 Å². The molecule has 0 saturated carbocycles. The number of fused-ring (bicyclic) bond motifs is 1. The van der Waals surface area contributed by atoms with Crippen molar-refractivity contribution in [1.29, 1.82) is 0 Å². The highest BCUT2D eigenvalue weighted by atomic mass is 16.5. The zero-order valence-corrected chi connectivity index (χ0v) is 19.2. The van der Waals surface area contributed by atoms with Crippen LogP contribution in [0, 0.1) is 0 Å². The van der Waals surface area contributed by atoms with Crippen molar-refractivity contribution in [2.75, 3.05) is 26.2 Å². The number of hydrogen-bond donors (Lipinski definition) is 0. The molecule has 172 valence electrons. The summed E-state index contributed by atoms with van der Waals surface area (Å²) < 4.78 is 6.11. The first-order valence-corrected chi connectivity index (χ1v) is 12.3. The van der Waals surface area contributed by atoms with Gasteiger partial charge in [-0.15, -0.1) is 0 Å². The second kappa shape index (κ2) is 10.3. The molecule has 1 amide bonds. The highest BCUT2D eigenvalue weighted by Crippen LogP contribution is 2.25. The van der Waals surface area contributed by atoms with Gasteiger partial charge in [0.25, 0.3) is 0 Å². The van der Waals surface area contributed by atoms with Crippen molar-refractivity contribution in [3.05, 3.63) is 72.6 Å². The average molecular weight is 444 g/mol. The highest BCUT2D eigenvalue weighted by Gasteiger charge is 2.30. The topological polar surface area (TPSA) is 45.7 Å². The van der Waals surface area contributed by atoms with Crippen LogP contribution in [0.3, 0.4) is 0 Å². The van der Waals surface area contributed by atoms with Crippen LogP contribution in [-0.2, 0) is 11.2 Å². The maximum atomic E-state index is 12.9. The SMILES string of the molecule is O=C(CCc1cccc2ccccc12)N1CCC(N2CCC(Oc3ccncc3)CC2)CC1. The van der Waals surface area contributed by atoms with Crippen LogP contribution in [0.5, 0.6) is 5.75 Å². The minimum atomic E-state index is 0.291. The van der Waals surface area contributed by atoms with Crippen molar-refractivity contribution >= 4 is 16.7 Å². The summed E-state index contributed by atoms with van der Waals surface area (Å²) in [6.07, 6.45) is 9.54. The first-order chi connectivity index (χ1) is 16.3. The van der Waals surface area contributed by atoms with E-state index in [1.165, 1.54) is 16.3 Å². The maximum Gasteiger partial charge on any atom is 0.222 e. The third kappa shape index (κ3) is 5.36. The lowest BCUT2D eigenvalue weighted by molar-refractivity contribution is -0.132. The van der Waals surface area contributed by atoms with Crippen molar-refractivity contribution in [3.8, 4) is 5.75 Å². The molecular formula is C28H33N3O2. The van der Waals surface area contributed by atoms with Crippen LogP contribution >= 0.6 is 0 Å². The molecule has 3 heterocycles. The van der Waals surface area contributed by atoms with Crippen molar-refractivity contribution in [1.82, 2.24) is 14.8 Å². The predicted octanol–water partition coefficient (Wildman–Crippen LogP) is 4.70. The Morgan fingerprint density at radius 1 is 0.879 bits per heavy atom. The van der Waals surface area contributed by atoms with E-state index >= 15 is 0 Å². The van der Waals surface area contributed by atoms with E-state index in [-0.39, 0.29) is 0 Å². The molecule has 0 bridgehead atoms. The van der Waals surface area contributed by atoms with Crippen molar-refractivity contribution in [2.45, 2.75) is 50.7 Å². The standard InChI is InChI=1S/C28H33N3O2/c32-28(9-8-23-6-3-5-22-4-1-2-7-27(22)23)31-18-12-24(13-19-31)30-20-14-26(15-21-30)33-25-10-16-29-17-11-25/h1-7,10-11,16-17,24,26H,8-9,12-15,18-21H2. The van der Waals surface area contributed by atoms with Gasteiger partial charge in [-0.2, -0.15) is 0 Å². The van der Waals surface area contributed by atoms with Gasteiger partial charge < -0.3 is 9.64 Å². The Bertz CT molecular complexity index is 1050. The Morgan fingerprint density at radius 3 is 2.39 bits per heavy atom. The molecule has 2 fully saturated rings. The number of amides is 1. The minimum Gasteiger partial charge on any atom is -0.490 e. The molecule has 5 heteroatoms. The number of piperidine rings is 2. The number of carbonyl (C=O) groups excluding carboxylic acids is 1. The van der Waals surface area contributed by atoms with Crippen LogP contribution in [0.4, 0.5) is 0 Å². The van der Waals surface area contributed by atoms with Gasteiger partial charge in [0.15, 0.2) is 0 Å². The van der Waals surface area contributed by atoms with Crippen molar-refractivity contribution < 1.29 is 9.53 Å². The van der Waals surface area contributed by atoms with E-state index in [2.05, 4.69) is 57.2 Å². The Balaban J connectivity index is 1.06. The van der Waals surface area contributed by atoms with Crippen LogP contribution in [0.25, 0.3) is 10.8 Å². The molecule has 0 unspecified atom stereocenters. The molecule has 2 aromatic carbocycles. The first kappa shape index (κ1) is 21.9. The third-order valence-electron chi connectivity index (χ3n) is 7.25. The van der Waals surface area contributed by atoms with Crippen LogP contribution in [0.2, 0.25) is 0 Å². The van der Waals surface area contributed by atoms with Gasteiger partial charge in [-0.3, -0.25) is 14.7 Å². The zero-order chi connectivity index (χ0) is 22.5. The van der Waals surface area contributed by atoms with Crippen LogP contribution in [-0.4, -0.2) is 59.0 Å². The largest absolute Gasteiger partial charge is 0.490 e. The summed E-state index contributed by atoms with van der Waals surface area (Å²) in [6, 6.07) is 19.3. The summed E-state index contributed by atoms with van der Waals surface area (Å²) in [4.78, 5) is 21.7. The molecule has 5 rings (SSSR count). The van der Waals surface area contributed by atoms with E-state index in [4.69, 9.17) is 4.74 Å². The second-order valence-electron chi connectivity index (χ2n) is 9.29. The van der Waals surface area contributed by atoms with E-state index < -0.39 is 0 Å². The van der Waals surface area contributed by atoms with Crippen LogP contribution in [0.1, 0.15) is 37.7 Å². The molecule has 1 aromatic heterocycles. The second-order valence-corrected chi connectivity index (χ2v) is 9.29. The maximum absolute atomic E-state index is 12.9. The Labute approximate surface area is 196 Å². The van der Waals surface area contributed by atoms with Gasteiger partial charge in [0.2, 0.25) is 5.91 Å². The molecule has 0 aliphatic carbocycles. The van der Waals surface area contributed by atoms with Crippen molar-refractivity contribution in [3.63, 3.8) is 0 Å². The number of pyridine rings is 1. The summed E-state index contributed by atoms with van der Waals surface area (Å²) in [7, 11) is 0. The number of likely N-dealkylation sites (tertiary alicyclic amines) is 2. The molecule has 3 aromatic rings. The van der Waals surface area contributed by atoms with E-state index in [0.29, 0.717) is 24.5 Å². The molecule has 2 aliphatic heterocycles. The molecule has 0 spiro atoms. The third-order valence-corrected chi connectivity index (χ3v) is 7.25. The first-order valence-electron chi connectivity index (χ1n) is 12.3. The van der Waals surface area contributed by atoms with Gasteiger partial charge >= 0.3 is 0 Å². The Hall–Kier alpha value is -2.92. The van der Waals surface area contributed by atoms with E-state index in [0.717, 1.165) is 64.0 Å². The molecule has 2 aliphatic rings. The number of ether oxygens (including phenoxy) is 1. The molecule has 0 N–H and O–H groups in total. The number of aromatic nitrogens is 1. The smallest absolute Gasteiger partial charge is 0.222 e. The summed E-state index contributed by atoms with van der Waals surface area (Å²) in [5.74, 6) is 1.21. The average Bonchev–Trinajstić information content (AvgIpc) is 2.88. The fraction of sp³-hybridized carbons (Fsp3) is 0.429. The molecule has 0 atom stereocenters. The van der Waals surface area contributed by atoms with Crippen LogP contribution < -0.4 is 4.74 Å². The fourth-order valence-corrected chi connectivity index (χ4v) is 5.36. The van der Waals surface area contributed by atoms with E-state index in [1.807, 2.05) is 12.1 Å². The highest BCUT2D eigenvalue weighted by molar-refractivity contribution is 5.86. The zero-order valence-electron chi connectivity index (χ0n) is 19.2. The lowest BCUT2D eigenvalue weighted by atomic mass is 9.97. The molecule has 5 nitrogen and oxygen atoms in total. The number of carbonyl (C=O) groups is 1. The van der Waals surface area contributed by atoms with E-state index in [1.54, 1.807) is 12.4 Å². The van der Waals surface area contributed by atoms with Gasteiger partial charge in [-0.05, 0) is 60.6 Å². The molecule has 0 radical (unpaired) electrons. The van der Waals surface area contributed by atoms with E-state index in [9.17, 15) is 4.79 Å². The Morgan fingerprint density at radius 2 is 1.61 bits per heavy atom. The van der Waals surface area contributed by atoms with Gasteiger partial charge in [-0.25, -0.2) is 0 Å². The number of hydrogen-bond acceptors (Lipinski definition) is 4. The lowest BCUT2D eigenvalue weighted by Gasteiger charge is -2.41. The number of nitrogens with zero attached hydrogens (tertiary/aromatic N) is 3.